The molecule has 1 amide bonds. The van der Waals surface area contributed by atoms with Gasteiger partial charge in [-0.05, 0) is 44.5 Å². The highest BCUT2D eigenvalue weighted by atomic mass is 16.6. The highest BCUT2D eigenvalue weighted by Gasteiger charge is 2.25. The van der Waals surface area contributed by atoms with Crippen LogP contribution in [0.4, 0.5) is 4.79 Å². The van der Waals surface area contributed by atoms with Crippen LogP contribution in [-0.2, 0) is 17.9 Å². The first-order valence-corrected chi connectivity index (χ1v) is 8.81. The summed E-state index contributed by atoms with van der Waals surface area (Å²) in [5.41, 5.74) is 1.50. The molecule has 1 aliphatic rings. The zero-order chi connectivity index (χ0) is 18.6. The largest absolute Gasteiger partial charge is 0.491 e. The van der Waals surface area contributed by atoms with Gasteiger partial charge < -0.3 is 19.1 Å². The molecule has 0 aromatic heterocycles. The van der Waals surface area contributed by atoms with E-state index in [-0.39, 0.29) is 6.09 Å². The van der Waals surface area contributed by atoms with Gasteiger partial charge in [-0.15, -0.1) is 0 Å². The second kappa shape index (κ2) is 7.68. The lowest BCUT2D eigenvalue weighted by atomic mass is 10.1. The SMILES string of the molecule is CC(C)(C)OC(=O)N1CCOc2ccc(OCc3ccccc3)cc2C1. The van der Waals surface area contributed by atoms with E-state index >= 15 is 0 Å². The first kappa shape index (κ1) is 18.1. The average Bonchev–Trinajstić information content (AvgIpc) is 2.81. The van der Waals surface area contributed by atoms with Gasteiger partial charge in [0.15, 0.2) is 0 Å². The highest BCUT2D eigenvalue weighted by molar-refractivity contribution is 5.68. The molecular weight excluding hydrogens is 330 g/mol. The molecule has 0 N–H and O–H groups in total. The number of hydrogen-bond acceptors (Lipinski definition) is 4. The number of hydrogen-bond donors (Lipinski definition) is 0. The van der Waals surface area contributed by atoms with Crippen molar-refractivity contribution < 1.29 is 19.0 Å². The molecule has 0 atom stereocenters. The lowest BCUT2D eigenvalue weighted by Gasteiger charge is -2.26. The maximum Gasteiger partial charge on any atom is 0.410 e. The maximum atomic E-state index is 12.4. The van der Waals surface area contributed by atoms with Crippen LogP contribution in [0.15, 0.2) is 48.5 Å². The Hall–Kier alpha value is -2.69. The summed E-state index contributed by atoms with van der Waals surface area (Å²) < 4.78 is 17.1. The molecule has 0 fully saturated rings. The molecule has 5 heteroatoms. The lowest BCUT2D eigenvalue weighted by molar-refractivity contribution is 0.0225. The Morgan fingerprint density at radius 1 is 1.15 bits per heavy atom. The van der Waals surface area contributed by atoms with Crippen molar-refractivity contribution in [1.82, 2.24) is 4.90 Å². The van der Waals surface area contributed by atoms with Crippen molar-refractivity contribution in [3.05, 3.63) is 59.7 Å². The summed E-state index contributed by atoms with van der Waals surface area (Å²) in [6, 6.07) is 15.7. The fraction of sp³-hybridized carbons (Fsp3) is 0.381. The Labute approximate surface area is 154 Å². The van der Waals surface area contributed by atoms with Crippen LogP contribution in [0.3, 0.4) is 0 Å². The van der Waals surface area contributed by atoms with E-state index in [2.05, 4.69) is 0 Å². The van der Waals surface area contributed by atoms with E-state index in [9.17, 15) is 4.79 Å². The molecule has 1 heterocycles. The van der Waals surface area contributed by atoms with Crippen molar-refractivity contribution in [3.8, 4) is 11.5 Å². The third-order valence-electron chi connectivity index (χ3n) is 3.91. The molecule has 0 aliphatic carbocycles. The Balaban J connectivity index is 1.70. The Morgan fingerprint density at radius 2 is 1.92 bits per heavy atom. The van der Waals surface area contributed by atoms with E-state index in [1.165, 1.54) is 0 Å². The van der Waals surface area contributed by atoms with Crippen molar-refractivity contribution in [2.45, 2.75) is 39.5 Å². The summed E-state index contributed by atoms with van der Waals surface area (Å²) in [4.78, 5) is 14.1. The monoisotopic (exact) mass is 355 g/mol. The van der Waals surface area contributed by atoms with Crippen LogP contribution in [0.5, 0.6) is 11.5 Å². The Kier molecular flexibility index (Phi) is 5.35. The topological polar surface area (TPSA) is 48.0 Å². The third-order valence-corrected chi connectivity index (χ3v) is 3.91. The van der Waals surface area contributed by atoms with Crippen LogP contribution in [0.2, 0.25) is 0 Å². The summed E-state index contributed by atoms with van der Waals surface area (Å²) >= 11 is 0. The van der Waals surface area contributed by atoms with E-state index in [0.29, 0.717) is 26.3 Å². The predicted molar refractivity (Wildman–Crippen MR) is 99.4 cm³/mol. The molecule has 2 aromatic carbocycles. The number of rotatable bonds is 3. The van der Waals surface area contributed by atoms with E-state index in [0.717, 1.165) is 22.6 Å². The average molecular weight is 355 g/mol. The molecule has 0 bridgehead atoms. The Bertz CT molecular complexity index is 752. The minimum atomic E-state index is -0.520. The molecule has 138 valence electrons. The molecule has 0 saturated heterocycles. The summed E-state index contributed by atoms with van der Waals surface area (Å²) in [5.74, 6) is 1.53. The summed E-state index contributed by atoms with van der Waals surface area (Å²) in [6.07, 6.45) is -0.329. The van der Waals surface area contributed by atoms with E-state index in [1.807, 2.05) is 69.3 Å². The lowest BCUT2D eigenvalue weighted by Crippen LogP contribution is -2.37. The van der Waals surface area contributed by atoms with Crippen molar-refractivity contribution in [3.63, 3.8) is 0 Å². The molecule has 5 nitrogen and oxygen atoms in total. The minimum absolute atomic E-state index is 0.329. The number of carbonyl (C=O) groups excluding carboxylic acids is 1. The van der Waals surface area contributed by atoms with Gasteiger partial charge in [-0.3, -0.25) is 0 Å². The van der Waals surface area contributed by atoms with Crippen molar-refractivity contribution in [1.29, 1.82) is 0 Å². The Morgan fingerprint density at radius 3 is 2.65 bits per heavy atom. The zero-order valence-corrected chi connectivity index (χ0v) is 15.5. The van der Waals surface area contributed by atoms with Gasteiger partial charge in [0.1, 0.15) is 30.3 Å². The van der Waals surface area contributed by atoms with Crippen LogP contribution < -0.4 is 9.47 Å². The number of ether oxygens (including phenoxy) is 3. The first-order chi connectivity index (χ1) is 12.4. The van der Waals surface area contributed by atoms with Crippen LogP contribution in [0.1, 0.15) is 31.9 Å². The third kappa shape index (κ3) is 4.91. The molecule has 3 rings (SSSR count). The van der Waals surface area contributed by atoms with Gasteiger partial charge in [-0.2, -0.15) is 0 Å². The zero-order valence-electron chi connectivity index (χ0n) is 15.5. The molecule has 0 unspecified atom stereocenters. The molecule has 2 aromatic rings. The van der Waals surface area contributed by atoms with Crippen LogP contribution >= 0.6 is 0 Å². The van der Waals surface area contributed by atoms with Crippen molar-refractivity contribution >= 4 is 6.09 Å². The molecule has 0 spiro atoms. The second-order valence-corrected chi connectivity index (χ2v) is 7.29. The van der Waals surface area contributed by atoms with Gasteiger partial charge in [0, 0.05) is 5.56 Å². The van der Waals surface area contributed by atoms with Gasteiger partial charge in [-0.25, -0.2) is 4.79 Å². The maximum absolute atomic E-state index is 12.4. The predicted octanol–water partition coefficient (Wildman–Crippen LogP) is 4.40. The van der Waals surface area contributed by atoms with Crippen molar-refractivity contribution in [2.24, 2.45) is 0 Å². The normalized spacial score (nSPS) is 14.0. The standard InChI is InChI=1S/C21H25NO4/c1-21(2,3)26-20(23)22-11-12-24-19-10-9-18(13-17(19)14-22)25-15-16-7-5-4-6-8-16/h4-10,13H,11-12,14-15H2,1-3H3. The fourth-order valence-electron chi connectivity index (χ4n) is 2.68. The van der Waals surface area contributed by atoms with E-state index in [1.54, 1.807) is 4.90 Å². The molecule has 0 saturated carbocycles. The van der Waals surface area contributed by atoms with E-state index in [4.69, 9.17) is 14.2 Å². The molecule has 0 radical (unpaired) electrons. The highest BCUT2D eigenvalue weighted by Crippen LogP contribution is 2.28. The molecule has 1 aliphatic heterocycles. The number of amides is 1. The number of fused-ring (bicyclic) bond motifs is 1. The second-order valence-electron chi connectivity index (χ2n) is 7.29. The van der Waals surface area contributed by atoms with E-state index < -0.39 is 5.60 Å². The smallest absolute Gasteiger partial charge is 0.410 e. The van der Waals surface area contributed by atoms with Gasteiger partial charge in [0.25, 0.3) is 0 Å². The van der Waals surface area contributed by atoms with Crippen LogP contribution in [0.25, 0.3) is 0 Å². The first-order valence-electron chi connectivity index (χ1n) is 8.81. The van der Waals surface area contributed by atoms with Crippen molar-refractivity contribution in [2.75, 3.05) is 13.2 Å². The molecular formula is C21H25NO4. The van der Waals surface area contributed by atoms with Crippen LogP contribution in [0, 0.1) is 0 Å². The number of carbonyl (C=O) groups is 1. The van der Waals surface area contributed by atoms with Gasteiger partial charge in [0.05, 0.1) is 13.1 Å². The quantitative estimate of drug-likeness (QED) is 0.819. The summed E-state index contributed by atoms with van der Waals surface area (Å²) in [5, 5.41) is 0. The van der Waals surface area contributed by atoms with Gasteiger partial charge in [0.2, 0.25) is 0 Å². The van der Waals surface area contributed by atoms with Gasteiger partial charge >= 0.3 is 6.09 Å². The summed E-state index contributed by atoms with van der Waals surface area (Å²) in [7, 11) is 0. The van der Waals surface area contributed by atoms with Gasteiger partial charge in [-0.1, -0.05) is 30.3 Å². The summed E-state index contributed by atoms with van der Waals surface area (Å²) in [6.45, 7) is 7.46. The minimum Gasteiger partial charge on any atom is -0.491 e. The number of nitrogens with zero attached hydrogens (tertiary/aromatic N) is 1. The number of benzene rings is 2. The fourth-order valence-corrected chi connectivity index (χ4v) is 2.68. The molecule has 26 heavy (non-hydrogen) atoms. The van der Waals surface area contributed by atoms with Crippen LogP contribution in [-0.4, -0.2) is 29.7 Å².